The number of carboxylic acid groups (broad SMARTS) is 1. The summed E-state index contributed by atoms with van der Waals surface area (Å²) in [7, 11) is -3.89. The van der Waals surface area contributed by atoms with Crippen molar-refractivity contribution in [3.8, 4) is 6.07 Å². The minimum atomic E-state index is -3.89. The SMILES string of the molecule is CC(C)[C@H](NS(=O)(=O)c1ccc(CC#N)cc1)C(=O)O. The van der Waals surface area contributed by atoms with Crippen molar-refractivity contribution in [2.45, 2.75) is 31.2 Å². The minimum Gasteiger partial charge on any atom is -0.480 e. The molecule has 0 saturated carbocycles. The molecule has 0 unspecified atom stereocenters. The Morgan fingerprint density at radius 3 is 2.30 bits per heavy atom. The lowest BCUT2D eigenvalue weighted by atomic mass is 10.1. The third kappa shape index (κ3) is 4.05. The van der Waals surface area contributed by atoms with Crippen LogP contribution in [0.4, 0.5) is 0 Å². The van der Waals surface area contributed by atoms with Crippen LogP contribution < -0.4 is 4.72 Å². The van der Waals surface area contributed by atoms with Crippen molar-refractivity contribution in [2.75, 3.05) is 0 Å². The van der Waals surface area contributed by atoms with Gasteiger partial charge in [-0.25, -0.2) is 8.42 Å². The van der Waals surface area contributed by atoms with E-state index in [-0.39, 0.29) is 17.2 Å². The van der Waals surface area contributed by atoms with Gasteiger partial charge in [-0.1, -0.05) is 26.0 Å². The molecule has 6 nitrogen and oxygen atoms in total. The number of rotatable bonds is 6. The van der Waals surface area contributed by atoms with Crippen LogP contribution in [-0.2, 0) is 21.2 Å². The van der Waals surface area contributed by atoms with Gasteiger partial charge in [-0.3, -0.25) is 4.79 Å². The normalized spacial score (nSPS) is 12.9. The zero-order valence-corrected chi connectivity index (χ0v) is 12.0. The highest BCUT2D eigenvalue weighted by Gasteiger charge is 2.27. The van der Waals surface area contributed by atoms with Gasteiger partial charge < -0.3 is 5.11 Å². The lowest BCUT2D eigenvalue weighted by Gasteiger charge is -2.18. The standard InChI is InChI=1S/C13H16N2O4S/c1-9(2)12(13(16)17)15-20(18,19)11-5-3-10(4-6-11)7-8-14/h3-6,9,12,15H,7H2,1-2H3,(H,16,17)/t12-/m0/s1. The molecule has 0 radical (unpaired) electrons. The molecule has 2 N–H and O–H groups in total. The largest absolute Gasteiger partial charge is 0.480 e. The highest BCUT2D eigenvalue weighted by molar-refractivity contribution is 7.89. The molecule has 0 fully saturated rings. The van der Waals surface area contributed by atoms with E-state index >= 15 is 0 Å². The van der Waals surface area contributed by atoms with Crippen molar-refractivity contribution >= 4 is 16.0 Å². The van der Waals surface area contributed by atoms with E-state index in [1.54, 1.807) is 13.8 Å². The number of sulfonamides is 1. The quantitative estimate of drug-likeness (QED) is 0.818. The van der Waals surface area contributed by atoms with E-state index in [1.165, 1.54) is 24.3 Å². The van der Waals surface area contributed by atoms with Crippen molar-refractivity contribution in [1.82, 2.24) is 4.72 Å². The third-order valence-corrected chi connectivity index (χ3v) is 4.19. The molecule has 0 aliphatic rings. The molecule has 0 aliphatic carbocycles. The molecule has 1 rings (SSSR count). The van der Waals surface area contributed by atoms with Crippen LogP contribution in [0.1, 0.15) is 19.4 Å². The Balaban J connectivity index is 2.99. The van der Waals surface area contributed by atoms with Gasteiger partial charge in [-0.2, -0.15) is 9.98 Å². The Hall–Kier alpha value is -1.91. The molecule has 1 atom stereocenters. The maximum atomic E-state index is 12.1. The van der Waals surface area contributed by atoms with E-state index in [0.29, 0.717) is 5.56 Å². The van der Waals surface area contributed by atoms with Crippen molar-refractivity contribution in [1.29, 1.82) is 5.26 Å². The van der Waals surface area contributed by atoms with Gasteiger partial charge in [0.05, 0.1) is 17.4 Å². The van der Waals surface area contributed by atoms with Gasteiger partial charge in [0.15, 0.2) is 0 Å². The summed E-state index contributed by atoms with van der Waals surface area (Å²) in [5.41, 5.74) is 0.699. The number of nitriles is 1. The lowest BCUT2D eigenvalue weighted by Crippen LogP contribution is -2.44. The van der Waals surface area contributed by atoms with Gasteiger partial charge in [0.2, 0.25) is 10.0 Å². The Morgan fingerprint density at radius 2 is 1.90 bits per heavy atom. The molecule has 0 aliphatic heterocycles. The van der Waals surface area contributed by atoms with Crippen LogP contribution >= 0.6 is 0 Å². The predicted octanol–water partition coefficient (Wildman–Crippen LogP) is 1.14. The predicted molar refractivity (Wildman–Crippen MR) is 72.3 cm³/mol. The fraction of sp³-hybridized carbons (Fsp3) is 0.385. The van der Waals surface area contributed by atoms with Crippen LogP contribution in [0.5, 0.6) is 0 Å². The molecular weight excluding hydrogens is 280 g/mol. The summed E-state index contributed by atoms with van der Waals surface area (Å²) in [5, 5.41) is 17.5. The molecule has 20 heavy (non-hydrogen) atoms. The topological polar surface area (TPSA) is 107 Å². The number of carbonyl (C=O) groups is 1. The van der Waals surface area contributed by atoms with Crippen LogP contribution in [0.25, 0.3) is 0 Å². The summed E-state index contributed by atoms with van der Waals surface area (Å²) >= 11 is 0. The molecule has 0 saturated heterocycles. The lowest BCUT2D eigenvalue weighted by molar-refractivity contribution is -0.140. The highest BCUT2D eigenvalue weighted by Crippen LogP contribution is 2.13. The van der Waals surface area contributed by atoms with Crippen molar-refractivity contribution < 1.29 is 18.3 Å². The number of benzene rings is 1. The molecule has 0 bridgehead atoms. The number of aliphatic carboxylic acids is 1. The van der Waals surface area contributed by atoms with Crippen LogP contribution in [-0.4, -0.2) is 25.5 Å². The first kappa shape index (κ1) is 16.1. The van der Waals surface area contributed by atoms with Gasteiger partial charge in [-0.15, -0.1) is 0 Å². The second kappa shape index (κ2) is 6.50. The molecule has 108 valence electrons. The Morgan fingerprint density at radius 1 is 1.35 bits per heavy atom. The fourth-order valence-electron chi connectivity index (χ4n) is 1.58. The van der Waals surface area contributed by atoms with Crippen LogP contribution in [0.15, 0.2) is 29.2 Å². The smallest absolute Gasteiger partial charge is 0.322 e. The molecule has 0 spiro atoms. The van der Waals surface area contributed by atoms with Crippen molar-refractivity contribution in [2.24, 2.45) is 5.92 Å². The number of nitrogens with zero attached hydrogens (tertiary/aromatic N) is 1. The van der Waals surface area contributed by atoms with Crippen LogP contribution in [0.3, 0.4) is 0 Å². The number of nitrogens with one attached hydrogen (secondary N) is 1. The van der Waals surface area contributed by atoms with Gasteiger partial charge >= 0.3 is 5.97 Å². The summed E-state index contributed by atoms with van der Waals surface area (Å²) in [5.74, 6) is -1.59. The van der Waals surface area contributed by atoms with E-state index in [2.05, 4.69) is 4.72 Å². The average molecular weight is 296 g/mol. The van der Waals surface area contributed by atoms with E-state index in [9.17, 15) is 13.2 Å². The third-order valence-electron chi connectivity index (χ3n) is 2.73. The van der Waals surface area contributed by atoms with Crippen LogP contribution in [0, 0.1) is 17.2 Å². The van der Waals surface area contributed by atoms with E-state index in [0.717, 1.165) is 0 Å². The molecule has 0 heterocycles. The van der Waals surface area contributed by atoms with Crippen molar-refractivity contribution in [3.63, 3.8) is 0 Å². The fourth-order valence-corrected chi connectivity index (χ4v) is 2.92. The molecule has 0 aromatic heterocycles. The van der Waals surface area contributed by atoms with Gasteiger partial charge in [0.1, 0.15) is 6.04 Å². The maximum absolute atomic E-state index is 12.1. The van der Waals surface area contributed by atoms with Crippen molar-refractivity contribution in [3.05, 3.63) is 29.8 Å². The Bertz CT molecular complexity index is 615. The van der Waals surface area contributed by atoms with E-state index in [4.69, 9.17) is 10.4 Å². The average Bonchev–Trinajstić information content (AvgIpc) is 2.36. The monoisotopic (exact) mass is 296 g/mol. The van der Waals surface area contributed by atoms with Crippen LogP contribution in [0.2, 0.25) is 0 Å². The number of hydrogen-bond donors (Lipinski definition) is 2. The molecule has 7 heteroatoms. The summed E-state index contributed by atoms with van der Waals surface area (Å²) in [4.78, 5) is 11.0. The van der Waals surface area contributed by atoms with Gasteiger partial charge in [0, 0.05) is 0 Å². The van der Waals surface area contributed by atoms with Gasteiger partial charge in [0.25, 0.3) is 0 Å². The summed E-state index contributed by atoms with van der Waals surface area (Å²) in [6, 6.07) is 6.55. The second-order valence-electron chi connectivity index (χ2n) is 4.66. The summed E-state index contributed by atoms with van der Waals surface area (Å²) in [6.07, 6.45) is 0.192. The maximum Gasteiger partial charge on any atom is 0.322 e. The number of hydrogen-bond acceptors (Lipinski definition) is 4. The van der Waals surface area contributed by atoms with E-state index in [1.807, 2.05) is 6.07 Å². The summed E-state index contributed by atoms with van der Waals surface area (Å²) < 4.78 is 26.3. The molecular formula is C13H16N2O4S. The van der Waals surface area contributed by atoms with E-state index < -0.39 is 22.0 Å². The number of carboxylic acids is 1. The van der Waals surface area contributed by atoms with Gasteiger partial charge in [-0.05, 0) is 23.6 Å². The molecule has 1 aromatic carbocycles. The first-order chi connectivity index (χ1) is 9.27. The molecule has 1 aromatic rings. The second-order valence-corrected chi connectivity index (χ2v) is 6.37. The molecule has 0 amide bonds. The Labute approximate surface area is 118 Å². The first-order valence-electron chi connectivity index (χ1n) is 5.99. The zero-order chi connectivity index (χ0) is 15.3. The minimum absolute atomic E-state index is 0.0221. The Kier molecular flexibility index (Phi) is 5.25. The first-order valence-corrected chi connectivity index (χ1v) is 7.47. The zero-order valence-electron chi connectivity index (χ0n) is 11.2. The summed E-state index contributed by atoms with van der Waals surface area (Å²) in [6.45, 7) is 3.24. The highest BCUT2D eigenvalue weighted by atomic mass is 32.2.